The molecule has 102 valence electrons. The second-order valence-corrected chi connectivity index (χ2v) is 5.62. The fraction of sp³-hybridized carbons (Fsp3) is 0.400. The van der Waals surface area contributed by atoms with Gasteiger partial charge in [-0.05, 0) is 37.1 Å². The molecule has 0 radical (unpaired) electrons. The molecule has 0 amide bonds. The zero-order valence-electron chi connectivity index (χ0n) is 11.4. The van der Waals surface area contributed by atoms with Crippen LogP contribution in [0.25, 0.3) is 0 Å². The predicted octanol–water partition coefficient (Wildman–Crippen LogP) is 3.91. The van der Waals surface area contributed by atoms with Crippen LogP contribution in [0, 0.1) is 0 Å². The number of nitrogens with one attached hydrogen (secondary N) is 1. The first-order valence-corrected chi connectivity index (χ1v) is 7.49. The molecule has 1 unspecified atom stereocenters. The van der Waals surface area contributed by atoms with Crippen LogP contribution >= 0.6 is 15.9 Å². The SMILES string of the molecule is CCCn1nccc1CNC(C)c1cccc(Br)c1. The van der Waals surface area contributed by atoms with Gasteiger partial charge in [0, 0.05) is 29.8 Å². The van der Waals surface area contributed by atoms with Crippen LogP contribution < -0.4 is 5.32 Å². The van der Waals surface area contributed by atoms with Crippen LogP contribution in [0.1, 0.15) is 37.6 Å². The van der Waals surface area contributed by atoms with Gasteiger partial charge < -0.3 is 5.32 Å². The molecule has 1 heterocycles. The van der Waals surface area contributed by atoms with Gasteiger partial charge in [-0.2, -0.15) is 5.10 Å². The maximum absolute atomic E-state index is 4.34. The number of aromatic nitrogens is 2. The first kappa shape index (κ1) is 14.3. The average Bonchev–Trinajstić information content (AvgIpc) is 2.84. The Hall–Kier alpha value is -1.13. The van der Waals surface area contributed by atoms with Gasteiger partial charge >= 0.3 is 0 Å². The Morgan fingerprint density at radius 2 is 2.21 bits per heavy atom. The van der Waals surface area contributed by atoms with Crippen molar-refractivity contribution in [2.24, 2.45) is 0 Å². The second kappa shape index (κ2) is 6.87. The van der Waals surface area contributed by atoms with Crippen LogP contribution in [0.15, 0.2) is 41.0 Å². The summed E-state index contributed by atoms with van der Waals surface area (Å²) in [6.07, 6.45) is 2.98. The minimum absolute atomic E-state index is 0.322. The monoisotopic (exact) mass is 321 g/mol. The molecule has 4 heteroatoms. The summed E-state index contributed by atoms with van der Waals surface area (Å²) < 4.78 is 3.19. The van der Waals surface area contributed by atoms with E-state index in [9.17, 15) is 0 Å². The topological polar surface area (TPSA) is 29.9 Å². The molecule has 2 aromatic rings. The summed E-state index contributed by atoms with van der Waals surface area (Å²) in [6.45, 7) is 6.17. The quantitative estimate of drug-likeness (QED) is 0.874. The lowest BCUT2D eigenvalue weighted by Gasteiger charge is -2.15. The molecular weight excluding hydrogens is 302 g/mol. The molecule has 0 aliphatic rings. The highest BCUT2D eigenvalue weighted by molar-refractivity contribution is 9.10. The number of hydrogen-bond acceptors (Lipinski definition) is 2. The van der Waals surface area contributed by atoms with E-state index >= 15 is 0 Å². The lowest BCUT2D eigenvalue weighted by molar-refractivity contribution is 0.517. The van der Waals surface area contributed by atoms with Gasteiger partial charge in [0.05, 0.1) is 5.69 Å². The summed E-state index contributed by atoms with van der Waals surface area (Å²) in [6, 6.07) is 10.8. The summed E-state index contributed by atoms with van der Waals surface area (Å²) in [5.41, 5.74) is 2.53. The van der Waals surface area contributed by atoms with Gasteiger partial charge in [0.2, 0.25) is 0 Å². The summed E-state index contributed by atoms with van der Waals surface area (Å²) >= 11 is 3.51. The molecule has 1 atom stereocenters. The standard InChI is InChI=1S/C15H20BrN3/c1-3-9-19-15(7-8-18-19)11-17-12(2)13-5-4-6-14(16)10-13/h4-8,10,12,17H,3,9,11H2,1-2H3. The normalized spacial score (nSPS) is 12.6. The number of benzene rings is 1. The summed E-state index contributed by atoms with van der Waals surface area (Å²) in [5, 5.41) is 7.89. The van der Waals surface area contributed by atoms with Crippen molar-refractivity contribution >= 4 is 15.9 Å². The lowest BCUT2D eigenvalue weighted by atomic mass is 10.1. The molecule has 0 bridgehead atoms. The van der Waals surface area contributed by atoms with E-state index in [1.54, 1.807) is 0 Å². The molecule has 2 rings (SSSR count). The van der Waals surface area contributed by atoms with Crippen molar-refractivity contribution in [1.82, 2.24) is 15.1 Å². The van der Waals surface area contributed by atoms with Crippen molar-refractivity contribution in [3.63, 3.8) is 0 Å². The Morgan fingerprint density at radius 3 is 2.95 bits per heavy atom. The van der Waals surface area contributed by atoms with Crippen molar-refractivity contribution in [1.29, 1.82) is 0 Å². The van der Waals surface area contributed by atoms with Crippen LogP contribution in [0.4, 0.5) is 0 Å². The Kier molecular flexibility index (Phi) is 5.16. The molecule has 1 N–H and O–H groups in total. The fourth-order valence-electron chi connectivity index (χ4n) is 2.07. The number of halogens is 1. The molecule has 0 spiro atoms. The fourth-order valence-corrected chi connectivity index (χ4v) is 2.49. The van der Waals surface area contributed by atoms with Crippen LogP contribution in [0.2, 0.25) is 0 Å². The van der Waals surface area contributed by atoms with Gasteiger partial charge in [-0.25, -0.2) is 0 Å². The maximum atomic E-state index is 4.34. The van der Waals surface area contributed by atoms with Gasteiger partial charge in [-0.1, -0.05) is 35.0 Å². The Balaban J connectivity index is 1.96. The van der Waals surface area contributed by atoms with E-state index in [-0.39, 0.29) is 0 Å². The number of nitrogens with zero attached hydrogens (tertiary/aromatic N) is 2. The van der Waals surface area contributed by atoms with Crippen LogP contribution in [0.3, 0.4) is 0 Å². The third-order valence-corrected chi connectivity index (χ3v) is 3.67. The molecule has 19 heavy (non-hydrogen) atoms. The van der Waals surface area contributed by atoms with E-state index in [1.165, 1.54) is 11.3 Å². The van der Waals surface area contributed by atoms with E-state index in [2.05, 4.69) is 69.1 Å². The highest BCUT2D eigenvalue weighted by atomic mass is 79.9. The van der Waals surface area contributed by atoms with E-state index in [0.717, 1.165) is 24.0 Å². The van der Waals surface area contributed by atoms with E-state index in [0.29, 0.717) is 6.04 Å². The zero-order chi connectivity index (χ0) is 13.7. The Labute approximate surface area is 123 Å². The lowest BCUT2D eigenvalue weighted by Crippen LogP contribution is -2.20. The molecule has 3 nitrogen and oxygen atoms in total. The van der Waals surface area contributed by atoms with E-state index < -0.39 is 0 Å². The van der Waals surface area contributed by atoms with Crippen molar-refractivity contribution in [3.8, 4) is 0 Å². The molecule has 0 saturated heterocycles. The minimum Gasteiger partial charge on any atom is -0.305 e. The molecule has 1 aromatic carbocycles. The predicted molar refractivity (Wildman–Crippen MR) is 81.9 cm³/mol. The summed E-state index contributed by atoms with van der Waals surface area (Å²) in [4.78, 5) is 0. The third-order valence-electron chi connectivity index (χ3n) is 3.18. The van der Waals surface area contributed by atoms with Crippen molar-refractivity contribution in [2.75, 3.05) is 0 Å². The van der Waals surface area contributed by atoms with Crippen LogP contribution in [-0.4, -0.2) is 9.78 Å². The molecule has 1 aromatic heterocycles. The summed E-state index contributed by atoms with van der Waals surface area (Å²) in [5.74, 6) is 0. The zero-order valence-corrected chi connectivity index (χ0v) is 13.0. The van der Waals surface area contributed by atoms with E-state index in [1.807, 2.05) is 12.3 Å². The Morgan fingerprint density at radius 1 is 1.37 bits per heavy atom. The first-order chi connectivity index (χ1) is 9.20. The molecular formula is C15H20BrN3. The number of rotatable bonds is 6. The molecule has 0 aliphatic carbocycles. The average molecular weight is 322 g/mol. The van der Waals surface area contributed by atoms with Gasteiger partial charge in [0.25, 0.3) is 0 Å². The van der Waals surface area contributed by atoms with Crippen molar-refractivity contribution < 1.29 is 0 Å². The van der Waals surface area contributed by atoms with E-state index in [4.69, 9.17) is 0 Å². The first-order valence-electron chi connectivity index (χ1n) is 6.70. The highest BCUT2D eigenvalue weighted by Gasteiger charge is 2.07. The van der Waals surface area contributed by atoms with Gasteiger partial charge in [-0.15, -0.1) is 0 Å². The van der Waals surface area contributed by atoms with Gasteiger partial charge in [0.15, 0.2) is 0 Å². The number of aryl methyl sites for hydroxylation is 1. The van der Waals surface area contributed by atoms with Crippen molar-refractivity contribution in [3.05, 3.63) is 52.3 Å². The molecule has 0 fully saturated rings. The van der Waals surface area contributed by atoms with Crippen LogP contribution in [0.5, 0.6) is 0 Å². The smallest absolute Gasteiger partial charge is 0.0522 e. The summed E-state index contributed by atoms with van der Waals surface area (Å²) in [7, 11) is 0. The molecule has 0 saturated carbocycles. The van der Waals surface area contributed by atoms with Gasteiger partial charge in [-0.3, -0.25) is 4.68 Å². The Bertz CT molecular complexity index is 522. The number of hydrogen-bond donors (Lipinski definition) is 1. The largest absolute Gasteiger partial charge is 0.305 e. The highest BCUT2D eigenvalue weighted by Crippen LogP contribution is 2.18. The van der Waals surface area contributed by atoms with Crippen LogP contribution in [-0.2, 0) is 13.1 Å². The maximum Gasteiger partial charge on any atom is 0.0522 e. The third kappa shape index (κ3) is 3.91. The van der Waals surface area contributed by atoms with Crippen molar-refractivity contribution in [2.45, 2.75) is 39.4 Å². The minimum atomic E-state index is 0.322. The second-order valence-electron chi connectivity index (χ2n) is 4.70. The molecule has 0 aliphatic heterocycles. The van der Waals surface area contributed by atoms with Gasteiger partial charge in [0.1, 0.15) is 0 Å².